The average Bonchev–Trinajstić information content (AvgIpc) is 3.22. The normalized spacial score (nSPS) is 14.9. The topological polar surface area (TPSA) is 66.9 Å². The van der Waals surface area contributed by atoms with Crippen LogP contribution in [0.3, 0.4) is 0 Å². The Kier molecular flexibility index (Phi) is 5.82. The molecule has 1 heterocycles. The van der Waals surface area contributed by atoms with Crippen LogP contribution in [-0.2, 0) is 14.8 Å². The highest BCUT2D eigenvalue weighted by molar-refractivity contribution is 7.89. The molecular weight excluding hydrogens is 364 g/mol. The van der Waals surface area contributed by atoms with E-state index < -0.39 is 10.0 Å². The van der Waals surface area contributed by atoms with Gasteiger partial charge < -0.3 is 9.64 Å². The molecule has 0 bridgehead atoms. The van der Waals surface area contributed by atoms with E-state index in [1.54, 1.807) is 32.2 Å². The van der Waals surface area contributed by atoms with Gasteiger partial charge in [0.15, 0.2) is 6.61 Å². The zero-order chi connectivity index (χ0) is 19.4. The molecule has 1 amide bonds. The molecule has 2 aromatic carbocycles. The van der Waals surface area contributed by atoms with Gasteiger partial charge in [-0.15, -0.1) is 0 Å². The number of ether oxygens (including phenoxy) is 1. The van der Waals surface area contributed by atoms with Crippen molar-refractivity contribution in [2.24, 2.45) is 0 Å². The number of hydrogen-bond acceptors (Lipinski definition) is 4. The molecule has 0 atom stereocenters. The Labute approximate surface area is 160 Å². The van der Waals surface area contributed by atoms with Crippen molar-refractivity contribution >= 4 is 21.6 Å². The van der Waals surface area contributed by atoms with Crippen LogP contribution < -0.4 is 9.64 Å². The molecule has 1 aliphatic rings. The summed E-state index contributed by atoms with van der Waals surface area (Å²) in [6.45, 7) is 2.80. The minimum absolute atomic E-state index is 0.121. The quantitative estimate of drug-likeness (QED) is 0.763. The summed E-state index contributed by atoms with van der Waals surface area (Å²) >= 11 is 0. The van der Waals surface area contributed by atoms with Crippen LogP contribution >= 0.6 is 0 Å². The lowest BCUT2D eigenvalue weighted by molar-refractivity contribution is -0.120. The number of para-hydroxylation sites is 1. The van der Waals surface area contributed by atoms with E-state index in [9.17, 15) is 13.2 Å². The maximum absolute atomic E-state index is 12.6. The van der Waals surface area contributed by atoms with Gasteiger partial charge in [0.05, 0.1) is 4.90 Å². The number of nitrogens with zero attached hydrogens (tertiary/aromatic N) is 2. The molecule has 6 nitrogen and oxygen atoms in total. The number of amides is 1. The third kappa shape index (κ3) is 4.31. The van der Waals surface area contributed by atoms with Gasteiger partial charge in [0, 0.05) is 25.8 Å². The second-order valence-corrected chi connectivity index (χ2v) is 8.55. The number of carbonyl (C=O) groups excluding carboxylic acids is 1. The third-order valence-corrected chi connectivity index (χ3v) is 6.61. The van der Waals surface area contributed by atoms with Gasteiger partial charge in [0.1, 0.15) is 5.75 Å². The van der Waals surface area contributed by atoms with E-state index in [1.165, 1.54) is 9.21 Å². The maximum Gasteiger partial charge on any atom is 0.264 e. The summed E-state index contributed by atoms with van der Waals surface area (Å²) in [7, 11) is -1.76. The minimum atomic E-state index is -3.46. The van der Waals surface area contributed by atoms with E-state index in [-0.39, 0.29) is 17.4 Å². The van der Waals surface area contributed by atoms with E-state index in [0.717, 1.165) is 18.5 Å². The summed E-state index contributed by atoms with van der Waals surface area (Å²) < 4.78 is 32.4. The van der Waals surface area contributed by atoms with Crippen molar-refractivity contribution in [1.82, 2.24) is 4.31 Å². The Hall–Kier alpha value is -2.38. The fourth-order valence-corrected chi connectivity index (χ4v) is 4.66. The molecule has 7 heteroatoms. The van der Waals surface area contributed by atoms with Crippen LogP contribution in [0.1, 0.15) is 18.4 Å². The van der Waals surface area contributed by atoms with Gasteiger partial charge in [0.25, 0.3) is 5.91 Å². The summed E-state index contributed by atoms with van der Waals surface area (Å²) in [5.41, 5.74) is 1.47. The van der Waals surface area contributed by atoms with E-state index in [0.29, 0.717) is 24.4 Å². The highest BCUT2D eigenvalue weighted by atomic mass is 32.2. The number of carbonyl (C=O) groups is 1. The lowest BCUT2D eigenvalue weighted by Gasteiger charge is -2.19. The van der Waals surface area contributed by atoms with Gasteiger partial charge in [-0.1, -0.05) is 18.2 Å². The average molecular weight is 388 g/mol. The molecule has 1 fully saturated rings. The van der Waals surface area contributed by atoms with Gasteiger partial charge in [-0.25, -0.2) is 8.42 Å². The summed E-state index contributed by atoms with van der Waals surface area (Å²) in [6, 6.07) is 14.1. The summed E-state index contributed by atoms with van der Waals surface area (Å²) in [5.74, 6) is 0.319. The molecule has 0 aliphatic carbocycles. The van der Waals surface area contributed by atoms with Crippen LogP contribution in [0.5, 0.6) is 5.75 Å². The Morgan fingerprint density at radius 3 is 2.41 bits per heavy atom. The highest BCUT2D eigenvalue weighted by Gasteiger charge is 2.27. The number of rotatable bonds is 6. The first-order chi connectivity index (χ1) is 12.9. The molecule has 144 valence electrons. The van der Waals surface area contributed by atoms with Crippen LogP contribution in [0.15, 0.2) is 53.4 Å². The molecule has 0 radical (unpaired) electrons. The number of sulfonamides is 1. The standard InChI is InChI=1S/C20H24N2O4S/c1-16-14-18(27(24,25)22-12-6-7-13-22)10-11-19(16)26-15-20(23)21(2)17-8-4-3-5-9-17/h3-5,8-11,14H,6-7,12-13,15H2,1-2H3. The van der Waals surface area contributed by atoms with Crippen molar-refractivity contribution in [3.63, 3.8) is 0 Å². The minimum Gasteiger partial charge on any atom is -0.483 e. The van der Waals surface area contributed by atoms with Crippen molar-refractivity contribution in [2.45, 2.75) is 24.7 Å². The van der Waals surface area contributed by atoms with E-state index >= 15 is 0 Å². The van der Waals surface area contributed by atoms with Gasteiger partial charge in [-0.2, -0.15) is 4.31 Å². The number of hydrogen-bond donors (Lipinski definition) is 0. The van der Waals surface area contributed by atoms with Crippen LogP contribution in [-0.4, -0.2) is 45.4 Å². The van der Waals surface area contributed by atoms with Gasteiger partial charge in [-0.05, 0) is 55.7 Å². The van der Waals surface area contributed by atoms with E-state index in [1.807, 2.05) is 30.3 Å². The Morgan fingerprint density at radius 1 is 1.11 bits per heavy atom. The molecule has 0 aromatic heterocycles. The zero-order valence-electron chi connectivity index (χ0n) is 15.6. The molecule has 3 rings (SSSR count). The number of likely N-dealkylation sites (N-methyl/N-ethyl adjacent to an activating group) is 1. The molecule has 0 N–H and O–H groups in total. The van der Waals surface area contributed by atoms with Gasteiger partial charge >= 0.3 is 0 Å². The van der Waals surface area contributed by atoms with E-state index in [2.05, 4.69) is 0 Å². The lowest BCUT2D eigenvalue weighted by Crippen LogP contribution is -2.31. The predicted octanol–water partition coefficient (Wildman–Crippen LogP) is 2.82. The Balaban J connectivity index is 1.67. The van der Waals surface area contributed by atoms with Crippen LogP contribution in [0.4, 0.5) is 5.69 Å². The molecule has 27 heavy (non-hydrogen) atoms. The summed E-state index contributed by atoms with van der Waals surface area (Å²) in [4.78, 5) is 14.1. The molecule has 0 saturated carbocycles. The maximum atomic E-state index is 12.6. The van der Waals surface area contributed by atoms with Crippen molar-refractivity contribution in [3.8, 4) is 5.75 Å². The molecule has 2 aromatic rings. The molecule has 1 saturated heterocycles. The van der Waals surface area contributed by atoms with Crippen molar-refractivity contribution < 1.29 is 17.9 Å². The first-order valence-corrected chi connectivity index (χ1v) is 10.4. The fraction of sp³-hybridized carbons (Fsp3) is 0.350. The van der Waals surface area contributed by atoms with Crippen LogP contribution in [0.2, 0.25) is 0 Å². The first-order valence-electron chi connectivity index (χ1n) is 8.95. The zero-order valence-corrected chi connectivity index (χ0v) is 16.4. The first kappa shape index (κ1) is 19.4. The number of anilines is 1. The number of aryl methyl sites for hydroxylation is 1. The van der Waals surface area contributed by atoms with Gasteiger partial charge in [-0.3, -0.25) is 4.79 Å². The predicted molar refractivity (Wildman–Crippen MR) is 105 cm³/mol. The number of benzene rings is 2. The lowest BCUT2D eigenvalue weighted by atomic mass is 10.2. The smallest absolute Gasteiger partial charge is 0.264 e. The SMILES string of the molecule is Cc1cc(S(=O)(=O)N2CCCC2)ccc1OCC(=O)N(C)c1ccccc1. The molecular formula is C20H24N2O4S. The van der Waals surface area contributed by atoms with E-state index in [4.69, 9.17) is 4.74 Å². The molecule has 0 unspecified atom stereocenters. The summed E-state index contributed by atoms with van der Waals surface area (Å²) in [6.07, 6.45) is 1.80. The summed E-state index contributed by atoms with van der Waals surface area (Å²) in [5, 5.41) is 0. The molecule has 0 spiro atoms. The monoisotopic (exact) mass is 388 g/mol. The largest absolute Gasteiger partial charge is 0.483 e. The second kappa shape index (κ2) is 8.10. The third-order valence-electron chi connectivity index (χ3n) is 4.72. The Bertz CT molecular complexity index is 907. The highest BCUT2D eigenvalue weighted by Crippen LogP contribution is 2.26. The Morgan fingerprint density at radius 2 is 1.78 bits per heavy atom. The van der Waals surface area contributed by atoms with Crippen molar-refractivity contribution in [1.29, 1.82) is 0 Å². The van der Waals surface area contributed by atoms with Gasteiger partial charge in [0.2, 0.25) is 10.0 Å². The van der Waals surface area contributed by atoms with Crippen LogP contribution in [0.25, 0.3) is 0 Å². The fourth-order valence-electron chi connectivity index (χ4n) is 3.05. The van der Waals surface area contributed by atoms with Crippen molar-refractivity contribution in [2.75, 3.05) is 31.6 Å². The second-order valence-electron chi connectivity index (χ2n) is 6.62. The van der Waals surface area contributed by atoms with Crippen molar-refractivity contribution in [3.05, 3.63) is 54.1 Å². The molecule has 1 aliphatic heterocycles. The van der Waals surface area contributed by atoms with Crippen LogP contribution in [0, 0.1) is 6.92 Å².